The zero-order valence-corrected chi connectivity index (χ0v) is 22.6. The molecule has 3 heterocycles. The summed E-state index contributed by atoms with van der Waals surface area (Å²) in [7, 11) is 0. The van der Waals surface area contributed by atoms with E-state index in [1.54, 1.807) is 30.5 Å². The molecular formula is C32H32FN3O4. The van der Waals surface area contributed by atoms with E-state index in [1.165, 1.54) is 12.1 Å². The number of ether oxygens (including phenoxy) is 1. The quantitative estimate of drug-likeness (QED) is 0.303. The first kappa shape index (κ1) is 27.1. The van der Waals surface area contributed by atoms with Crippen molar-refractivity contribution >= 4 is 11.8 Å². The maximum absolute atomic E-state index is 13.7. The van der Waals surface area contributed by atoms with Crippen LogP contribution >= 0.6 is 0 Å². The number of furan rings is 1. The van der Waals surface area contributed by atoms with E-state index in [2.05, 4.69) is 10.3 Å². The van der Waals surface area contributed by atoms with Gasteiger partial charge in [-0.05, 0) is 71.6 Å². The summed E-state index contributed by atoms with van der Waals surface area (Å²) in [6.07, 6.45) is 3.08. The predicted octanol–water partition coefficient (Wildman–Crippen LogP) is 5.50. The van der Waals surface area contributed by atoms with Crippen LogP contribution in [0.25, 0.3) is 0 Å². The summed E-state index contributed by atoms with van der Waals surface area (Å²) < 4.78 is 25.5. The highest BCUT2D eigenvalue weighted by atomic mass is 19.1. The molecule has 0 spiro atoms. The normalized spacial score (nSPS) is 14.6. The average molecular weight is 542 g/mol. The van der Waals surface area contributed by atoms with Crippen LogP contribution in [0.5, 0.6) is 5.75 Å². The summed E-state index contributed by atoms with van der Waals surface area (Å²) in [5.74, 6) is 0.606. The summed E-state index contributed by atoms with van der Waals surface area (Å²) in [6, 6.07) is 20.8. The monoisotopic (exact) mass is 541 g/mol. The number of pyridine rings is 1. The van der Waals surface area contributed by atoms with Gasteiger partial charge >= 0.3 is 0 Å². The number of halogens is 1. The molecule has 0 saturated carbocycles. The number of rotatable bonds is 9. The maximum Gasteiger partial charge on any atom is 0.287 e. The van der Waals surface area contributed by atoms with Crippen molar-refractivity contribution in [2.45, 2.75) is 39.3 Å². The number of amides is 2. The fraction of sp³-hybridized carbons (Fsp3) is 0.281. The minimum atomic E-state index is -0.340. The van der Waals surface area contributed by atoms with Gasteiger partial charge in [-0.3, -0.25) is 14.6 Å². The molecule has 1 unspecified atom stereocenters. The summed E-state index contributed by atoms with van der Waals surface area (Å²) in [4.78, 5) is 31.7. The molecule has 1 aliphatic heterocycles. The standard InChI is InChI=1S/C32H32FN3O4/c1-21(2)32(38)36-18-15-22-8-11-26(19-28(22)30(36)23-6-9-24(33)10-7-23)39-20-27-12-13-29(40-27)31(37)35-17-14-25-5-3-4-16-34-25/h3-13,16,19,21,30H,14-15,17-18,20H2,1-2H3,(H,35,37). The highest BCUT2D eigenvalue weighted by molar-refractivity contribution is 5.91. The molecule has 2 aromatic carbocycles. The number of nitrogens with one attached hydrogen (secondary N) is 1. The van der Waals surface area contributed by atoms with Gasteiger partial charge in [0.2, 0.25) is 5.91 Å². The third kappa shape index (κ3) is 6.22. The van der Waals surface area contributed by atoms with Crippen molar-refractivity contribution in [3.8, 4) is 5.75 Å². The van der Waals surface area contributed by atoms with Gasteiger partial charge in [-0.2, -0.15) is 0 Å². The van der Waals surface area contributed by atoms with Crippen molar-refractivity contribution in [2.75, 3.05) is 13.1 Å². The molecule has 206 valence electrons. The van der Waals surface area contributed by atoms with E-state index in [-0.39, 0.29) is 42.0 Å². The van der Waals surface area contributed by atoms with Gasteiger partial charge in [0.25, 0.3) is 5.91 Å². The van der Waals surface area contributed by atoms with Crippen molar-refractivity contribution in [1.82, 2.24) is 15.2 Å². The van der Waals surface area contributed by atoms with Crippen LogP contribution in [0.2, 0.25) is 0 Å². The van der Waals surface area contributed by atoms with Crippen LogP contribution in [-0.2, 0) is 24.2 Å². The molecule has 5 rings (SSSR count). The minimum absolute atomic E-state index is 0.0488. The zero-order chi connectivity index (χ0) is 28.1. The highest BCUT2D eigenvalue weighted by Crippen LogP contribution is 2.38. The minimum Gasteiger partial charge on any atom is -0.486 e. The molecule has 0 radical (unpaired) electrons. The van der Waals surface area contributed by atoms with Gasteiger partial charge in [0.1, 0.15) is 23.9 Å². The van der Waals surface area contributed by atoms with Crippen LogP contribution in [0.1, 0.15) is 58.6 Å². The largest absolute Gasteiger partial charge is 0.486 e. The molecule has 2 amide bonds. The van der Waals surface area contributed by atoms with E-state index in [1.807, 2.05) is 55.1 Å². The second kappa shape index (κ2) is 12.2. The fourth-order valence-electron chi connectivity index (χ4n) is 4.93. The molecule has 7 nitrogen and oxygen atoms in total. The lowest BCUT2D eigenvalue weighted by Gasteiger charge is -2.39. The van der Waals surface area contributed by atoms with E-state index in [0.717, 1.165) is 28.8 Å². The molecule has 1 atom stereocenters. The van der Waals surface area contributed by atoms with Crippen LogP contribution in [0.4, 0.5) is 4.39 Å². The molecule has 0 bridgehead atoms. The van der Waals surface area contributed by atoms with Crippen molar-refractivity contribution in [2.24, 2.45) is 5.92 Å². The fourth-order valence-corrected chi connectivity index (χ4v) is 4.93. The Bertz CT molecular complexity index is 1470. The molecule has 8 heteroatoms. The Morgan fingerprint density at radius 3 is 2.67 bits per heavy atom. The lowest BCUT2D eigenvalue weighted by molar-refractivity contribution is -0.136. The molecule has 1 aliphatic rings. The predicted molar refractivity (Wildman–Crippen MR) is 148 cm³/mol. The number of carbonyl (C=O) groups excluding carboxylic acids is 2. The van der Waals surface area contributed by atoms with Crippen molar-refractivity contribution in [3.05, 3.63) is 119 Å². The summed E-state index contributed by atoms with van der Waals surface area (Å²) in [5.41, 5.74) is 3.83. The number of hydrogen-bond acceptors (Lipinski definition) is 5. The highest BCUT2D eigenvalue weighted by Gasteiger charge is 2.33. The van der Waals surface area contributed by atoms with Gasteiger partial charge < -0.3 is 19.4 Å². The van der Waals surface area contributed by atoms with Gasteiger partial charge in [0, 0.05) is 37.3 Å². The van der Waals surface area contributed by atoms with Crippen LogP contribution in [0, 0.1) is 11.7 Å². The van der Waals surface area contributed by atoms with Crippen molar-refractivity contribution < 1.29 is 23.1 Å². The Labute approximate surface area is 233 Å². The lowest BCUT2D eigenvalue weighted by atomic mass is 9.87. The van der Waals surface area contributed by atoms with E-state index in [0.29, 0.717) is 31.0 Å². The Balaban J connectivity index is 1.27. The number of aromatic nitrogens is 1. The van der Waals surface area contributed by atoms with Crippen LogP contribution < -0.4 is 10.1 Å². The molecule has 1 N–H and O–H groups in total. The van der Waals surface area contributed by atoms with Gasteiger partial charge in [0.05, 0.1) is 6.04 Å². The first-order valence-electron chi connectivity index (χ1n) is 13.5. The zero-order valence-electron chi connectivity index (χ0n) is 22.6. The van der Waals surface area contributed by atoms with Gasteiger partial charge in [-0.1, -0.05) is 38.1 Å². The average Bonchev–Trinajstić information content (AvgIpc) is 3.45. The molecule has 0 saturated heterocycles. The second-order valence-corrected chi connectivity index (χ2v) is 10.1. The van der Waals surface area contributed by atoms with Gasteiger partial charge in [-0.15, -0.1) is 0 Å². The van der Waals surface area contributed by atoms with Crippen LogP contribution in [0.15, 0.2) is 83.4 Å². The molecule has 0 fully saturated rings. The maximum atomic E-state index is 13.7. The third-order valence-electron chi connectivity index (χ3n) is 6.97. The number of nitrogens with zero attached hydrogens (tertiary/aromatic N) is 2. The number of carbonyl (C=O) groups is 2. The molecule has 0 aliphatic carbocycles. The van der Waals surface area contributed by atoms with Gasteiger partial charge in [0.15, 0.2) is 5.76 Å². The van der Waals surface area contributed by atoms with E-state index in [9.17, 15) is 14.0 Å². The number of hydrogen-bond donors (Lipinski definition) is 1. The van der Waals surface area contributed by atoms with Crippen molar-refractivity contribution in [3.63, 3.8) is 0 Å². The molecule has 40 heavy (non-hydrogen) atoms. The molecular weight excluding hydrogens is 509 g/mol. The lowest BCUT2D eigenvalue weighted by Crippen LogP contribution is -2.42. The molecule has 2 aromatic heterocycles. The Morgan fingerprint density at radius 2 is 1.93 bits per heavy atom. The Kier molecular flexibility index (Phi) is 8.24. The SMILES string of the molecule is CC(C)C(=O)N1CCc2ccc(OCc3ccc(C(=O)NCCc4ccccn4)o3)cc2C1c1ccc(F)cc1. The topological polar surface area (TPSA) is 84.7 Å². The molecule has 4 aromatic rings. The summed E-state index contributed by atoms with van der Waals surface area (Å²) in [5, 5.41) is 2.84. The first-order chi connectivity index (χ1) is 19.4. The van der Waals surface area contributed by atoms with Gasteiger partial charge in [-0.25, -0.2) is 4.39 Å². The Morgan fingerprint density at radius 1 is 1.10 bits per heavy atom. The summed E-state index contributed by atoms with van der Waals surface area (Å²) >= 11 is 0. The van der Waals surface area contributed by atoms with E-state index < -0.39 is 0 Å². The Hall–Kier alpha value is -4.46. The van der Waals surface area contributed by atoms with Crippen LogP contribution in [-0.4, -0.2) is 34.8 Å². The van der Waals surface area contributed by atoms with Crippen molar-refractivity contribution in [1.29, 1.82) is 0 Å². The van der Waals surface area contributed by atoms with E-state index >= 15 is 0 Å². The number of fused-ring (bicyclic) bond motifs is 1. The summed E-state index contributed by atoms with van der Waals surface area (Å²) in [6.45, 7) is 4.94. The second-order valence-electron chi connectivity index (χ2n) is 10.1. The van der Waals surface area contributed by atoms with E-state index in [4.69, 9.17) is 9.15 Å². The number of benzene rings is 2. The van der Waals surface area contributed by atoms with Crippen LogP contribution in [0.3, 0.4) is 0 Å². The first-order valence-corrected chi connectivity index (χ1v) is 13.5. The third-order valence-corrected chi connectivity index (χ3v) is 6.97. The smallest absolute Gasteiger partial charge is 0.287 e.